The number of likely N-dealkylation sites (tertiary alicyclic amines) is 1. The Labute approximate surface area is 113 Å². The van der Waals surface area contributed by atoms with Crippen LogP contribution in [0.3, 0.4) is 0 Å². The van der Waals surface area contributed by atoms with Crippen LogP contribution in [0.25, 0.3) is 0 Å². The van der Waals surface area contributed by atoms with Crippen LogP contribution in [0, 0.1) is 0 Å². The molecule has 1 aliphatic rings. The number of carboxylic acids is 1. The van der Waals surface area contributed by atoms with Crippen LogP contribution in [0.5, 0.6) is 0 Å². The number of nitrogens with zero attached hydrogens (tertiary/aromatic N) is 2. The highest BCUT2D eigenvalue weighted by Gasteiger charge is 2.35. The van der Waals surface area contributed by atoms with Crippen molar-refractivity contribution in [2.75, 3.05) is 13.6 Å². The van der Waals surface area contributed by atoms with Crippen molar-refractivity contribution in [1.29, 1.82) is 0 Å². The zero-order chi connectivity index (χ0) is 14.0. The summed E-state index contributed by atoms with van der Waals surface area (Å²) in [5, 5.41) is 12.7. The van der Waals surface area contributed by atoms with E-state index in [1.165, 1.54) is 17.3 Å². The van der Waals surface area contributed by atoms with Crippen molar-refractivity contribution in [3.63, 3.8) is 0 Å². The Morgan fingerprint density at radius 3 is 2.84 bits per heavy atom. The fraction of sp³-hybridized carbons (Fsp3) is 0.455. The number of carboxylic acid groups (broad SMARTS) is 1. The van der Waals surface area contributed by atoms with E-state index < -0.39 is 12.0 Å². The quantitative estimate of drug-likeness (QED) is 0.825. The lowest BCUT2D eigenvalue weighted by Gasteiger charge is -2.22. The molecule has 1 unspecified atom stereocenters. The molecule has 2 N–H and O–H groups in total. The first-order valence-electron chi connectivity index (χ1n) is 5.76. The van der Waals surface area contributed by atoms with Gasteiger partial charge in [-0.05, 0) is 12.8 Å². The normalized spacial score (nSPS) is 18.4. The van der Waals surface area contributed by atoms with Gasteiger partial charge < -0.3 is 15.3 Å². The summed E-state index contributed by atoms with van der Waals surface area (Å²) in [7, 11) is 1.52. The number of aromatic nitrogens is 1. The Morgan fingerprint density at radius 2 is 2.26 bits per heavy atom. The lowest BCUT2D eigenvalue weighted by Crippen LogP contribution is -2.44. The van der Waals surface area contributed by atoms with Gasteiger partial charge in [-0.1, -0.05) is 0 Å². The largest absolute Gasteiger partial charge is 0.476 e. The second kappa shape index (κ2) is 5.35. The Hall–Kier alpha value is -1.96. The molecule has 2 heterocycles. The number of likely N-dealkylation sites (N-methyl/N-ethyl adjacent to an activating group) is 1. The molecule has 102 valence electrons. The van der Waals surface area contributed by atoms with Crippen molar-refractivity contribution in [2.45, 2.75) is 18.9 Å². The van der Waals surface area contributed by atoms with E-state index >= 15 is 0 Å². The number of carbonyl (C=O) groups excluding carboxylic acids is 2. The first kappa shape index (κ1) is 13.5. The van der Waals surface area contributed by atoms with Gasteiger partial charge in [0.1, 0.15) is 6.04 Å². The minimum absolute atomic E-state index is 0.105. The van der Waals surface area contributed by atoms with Crippen molar-refractivity contribution >= 4 is 29.1 Å². The summed E-state index contributed by atoms with van der Waals surface area (Å²) < 4.78 is 0. The van der Waals surface area contributed by atoms with Crippen molar-refractivity contribution in [2.24, 2.45) is 0 Å². The predicted octanol–water partition coefficient (Wildman–Crippen LogP) is 0.192. The molecular weight excluding hydrogens is 270 g/mol. The third-order valence-electron chi connectivity index (χ3n) is 2.97. The highest BCUT2D eigenvalue weighted by Crippen LogP contribution is 2.22. The summed E-state index contributed by atoms with van der Waals surface area (Å²) in [4.78, 5) is 39.8. The molecule has 0 radical (unpaired) electrons. The highest BCUT2D eigenvalue weighted by atomic mass is 32.1. The van der Waals surface area contributed by atoms with Crippen LogP contribution in [0.1, 0.15) is 33.1 Å². The average molecular weight is 283 g/mol. The molecular formula is C11H13N3O4S. The standard InChI is InChI=1S/C11H13N3O4S/c1-12-8(15)7-3-2-4-14(7)10(16)9-13-6(5-19-9)11(17)18/h5,7H,2-4H2,1H3,(H,12,15)(H,17,18). The van der Waals surface area contributed by atoms with Gasteiger partial charge in [0.15, 0.2) is 10.7 Å². The minimum atomic E-state index is -1.17. The zero-order valence-electron chi connectivity index (χ0n) is 10.3. The van der Waals surface area contributed by atoms with E-state index in [1.54, 1.807) is 0 Å². The lowest BCUT2D eigenvalue weighted by molar-refractivity contribution is -0.124. The summed E-state index contributed by atoms with van der Waals surface area (Å²) in [5.41, 5.74) is -0.149. The summed E-state index contributed by atoms with van der Waals surface area (Å²) in [6.45, 7) is 0.485. The van der Waals surface area contributed by atoms with Crippen molar-refractivity contribution < 1.29 is 19.5 Å². The number of rotatable bonds is 3. The van der Waals surface area contributed by atoms with Gasteiger partial charge in [0.05, 0.1) is 0 Å². The Bertz CT molecular complexity index is 528. The molecule has 1 aliphatic heterocycles. The number of hydrogen-bond acceptors (Lipinski definition) is 5. The van der Waals surface area contributed by atoms with Gasteiger partial charge >= 0.3 is 5.97 Å². The number of aromatic carboxylic acids is 1. The molecule has 1 aromatic rings. The van der Waals surface area contributed by atoms with E-state index in [1.807, 2.05) is 0 Å². The number of thiazole rings is 1. The molecule has 8 heteroatoms. The predicted molar refractivity (Wildman–Crippen MR) is 67.2 cm³/mol. The molecule has 1 saturated heterocycles. The second-order valence-electron chi connectivity index (χ2n) is 4.11. The molecule has 7 nitrogen and oxygen atoms in total. The summed E-state index contributed by atoms with van der Waals surface area (Å²) >= 11 is 0.979. The SMILES string of the molecule is CNC(=O)C1CCCN1C(=O)c1nc(C(=O)O)cs1. The van der Waals surface area contributed by atoms with Crippen LogP contribution < -0.4 is 5.32 Å². The maximum Gasteiger partial charge on any atom is 0.355 e. The molecule has 0 bridgehead atoms. The minimum Gasteiger partial charge on any atom is -0.476 e. The molecule has 0 aliphatic carbocycles. The molecule has 2 amide bonds. The monoisotopic (exact) mass is 283 g/mol. The van der Waals surface area contributed by atoms with Gasteiger partial charge in [-0.3, -0.25) is 9.59 Å². The van der Waals surface area contributed by atoms with Crippen molar-refractivity contribution in [3.8, 4) is 0 Å². The smallest absolute Gasteiger partial charge is 0.355 e. The fourth-order valence-corrected chi connectivity index (χ4v) is 2.79. The summed E-state index contributed by atoms with van der Waals surface area (Å²) in [6, 6.07) is -0.491. The molecule has 1 fully saturated rings. The van der Waals surface area contributed by atoms with Crippen LogP contribution in [0.2, 0.25) is 0 Å². The van der Waals surface area contributed by atoms with Gasteiger partial charge in [-0.25, -0.2) is 9.78 Å². The molecule has 1 atom stereocenters. The van der Waals surface area contributed by atoms with E-state index in [9.17, 15) is 14.4 Å². The number of carbonyl (C=O) groups is 3. The van der Waals surface area contributed by atoms with E-state index in [-0.39, 0.29) is 22.5 Å². The Morgan fingerprint density at radius 1 is 1.53 bits per heavy atom. The second-order valence-corrected chi connectivity index (χ2v) is 4.97. The molecule has 0 saturated carbocycles. The average Bonchev–Trinajstić information content (AvgIpc) is 3.05. The van der Waals surface area contributed by atoms with Crippen LogP contribution in [0.4, 0.5) is 0 Å². The van der Waals surface area contributed by atoms with Gasteiger partial charge in [-0.2, -0.15) is 0 Å². The Kier molecular flexibility index (Phi) is 3.79. The highest BCUT2D eigenvalue weighted by molar-refractivity contribution is 7.11. The van der Waals surface area contributed by atoms with Gasteiger partial charge in [0, 0.05) is 19.0 Å². The van der Waals surface area contributed by atoms with Crippen LogP contribution in [0.15, 0.2) is 5.38 Å². The third kappa shape index (κ3) is 2.58. The summed E-state index contributed by atoms with van der Waals surface area (Å²) in [5.74, 6) is -1.76. The van der Waals surface area contributed by atoms with Gasteiger partial charge in [-0.15, -0.1) is 11.3 Å². The Balaban J connectivity index is 2.18. The summed E-state index contributed by atoms with van der Waals surface area (Å²) in [6.07, 6.45) is 1.36. The van der Waals surface area contributed by atoms with E-state index in [0.29, 0.717) is 13.0 Å². The molecule has 0 aromatic carbocycles. The fourth-order valence-electron chi connectivity index (χ4n) is 2.04. The first-order chi connectivity index (χ1) is 9.04. The van der Waals surface area contributed by atoms with Crippen LogP contribution in [-0.4, -0.2) is 52.4 Å². The van der Waals surface area contributed by atoms with E-state index in [0.717, 1.165) is 17.8 Å². The maximum absolute atomic E-state index is 12.2. The van der Waals surface area contributed by atoms with E-state index in [2.05, 4.69) is 10.3 Å². The van der Waals surface area contributed by atoms with Crippen LogP contribution in [-0.2, 0) is 4.79 Å². The molecule has 0 spiro atoms. The number of hydrogen-bond donors (Lipinski definition) is 2. The lowest BCUT2D eigenvalue weighted by atomic mass is 10.2. The number of amides is 2. The van der Waals surface area contributed by atoms with Crippen LogP contribution >= 0.6 is 11.3 Å². The topological polar surface area (TPSA) is 99.6 Å². The molecule has 2 rings (SSSR count). The van der Waals surface area contributed by atoms with Crippen molar-refractivity contribution in [1.82, 2.24) is 15.2 Å². The van der Waals surface area contributed by atoms with Gasteiger partial charge in [0.2, 0.25) is 5.91 Å². The molecule has 1 aromatic heterocycles. The first-order valence-corrected chi connectivity index (χ1v) is 6.64. The van der Waals surface area contributed by atoms with Gasteiger partial charge in [0.25, 0.3) is 5.91 Å². The van der Waals surface area contributed by atoms with Crippen molar-refractivity contribution in [3.05, 3.63) is 16.1 Å². The zero-order valence-corrected chi connectivity index (χ0v) is 11.1. The third-order valence-corrected chi connectivity index (χ3v) is 3.80. The maximum atomic E-state index is 12.2. The molecule has 19 heavy (non-hydrogen) atoms. The van der Waals surface area contributed by atoms with E-state index in [4.69, 9.17) is 5.11 Å². The number of nitrogens with one attached hydrogen (secondary N) is 1.